The van der Waals surface area contributed by atoms with Crippen LogP contribution in [0.1, 0.15) is 41.0 Å². The summed E-state index contributed by atoms with van der Waals surface area (Å²) in [6.45, 7) is 8.31. The lowest BCUT2D eigenvalue weighted by atomic mass is 9.58. The van der Waals surface area contributed by atoms with Crippen LogP contribution < -0.4 is 0 Å². The zero-order valence-electron chi connectivity index (χ0n) is 18.5. The minimum absolute atomic E-state index is 0.108. The molecule has 0 spiro atoms. The van der Waals surface area contributed by atoms with E-state index in [0.29, 0.717) is 0 Å². The van der Waals surface area contributed by atoms with Gasteiger partial charge in [-0.15, -0.1) is 0 Å². The molecule has 0 aromatic rings. The molecule has 0 bridgehead atoms. The normalized spacial score (nSPS) is 38.7. The van der Waals surface area contributed by atoms with Crippen molar-refractivity contribution >= 4 is 23.4 Å². The Morgan fingerprint density at radius 2 is 1.88 bits per heavy atom. The summed E-state index contributed by atoms with van der Waals surface area (Å²) in [7, 11) is 0. The molecule has 32 heavy (non-hydrogen) atoms. The summed E-state index contributed by atoms with van der Waals surface area (Å²) in [5, 5.41) is 33.6. The number of hydrogen-bond donors (Lipinski definition) is 3. The van der Waals surface area contributed by atoms with Crippen LogP contribution in [-0.2, 0) is 23.8 Å². The standard InChI is InChI=1S/C23H27ClO8/c1-6-10(2)7-8-13-9-14-16(24)18(26)21(5)23(29)15(19(27)32-21)17(11(3)12(4)25)31-20(30-13)22(14,23)28/h7-12,20,25,28-29H,6H2,1-5H3/b8-7+/t10-,11?,12?,20?,21+,22?,23?/m0/s1. The number of hydrogen-bond acceptors (Lipinski definition) is 8. The maximum absolute atomic E-state index is 13.2. The van der Waals surface area contributed by atoms with E-state index in [-0.39, 0.29) is 28.0 Å². The number of rotatable bonds is 5. The molecule has 8 nitrogen and oxygen atoms in total. The third-order valence-electron chi connectivity index (χ3n) is 7.11. The maximum Gasteiger partial charge on any atom is 0.341 e. The average molecular weight is 467 g/mol. The summed E-state index contributed by atoms with van der Waals surface area (Å²) >= 11 is 6.37. The van der Waals surface area contributed by atoms with Crippen molar-refractivity contribution in [3.05, 3.63) is 45.9 Å². The number of aliphatic hydroxyl groups is 3. The van der Waals surface area contributed by atoms with E-state index in [2.05, 4.69) is 0 Å². The van der Waals surface area contributed by atoms with Crippen LogP contribution in [0.2, 0.25) is 0 Å². The average Bonchev–Trinajstić information content (AvgIpc) is 2.96. The third kappa shape index (κ3) is 2.61. The van der Waals surface area contributed by atoms with Crippen LogP contribution in [0.15, 0.2) is 45.9 Å². The molecule has 3 aliphatic heterocycles. The van der Waals surface area contributed by atoms with Crippen molar-refractivity contribution in [2.75, 3.05) is 0 Å². The quantitative estimate of drug-likeness (QED) is 0.526. The van der Waals surface area contributed by atoms with Crippen molar-refractivity contribution in [2.45, 2.75) is 70.2 Å². The lowest BCUT2D eigenvalue weighted by Crippen LogP contribution is -2.77. The molecule has 0 aromatic carbocycles. The minimum Gasteiger partial charge on any atom is -0.455 e. The van der Waals surface area contributed by atoms with Gasteiger partial charge in [-0.3, -0.25) is 4.79 Å². The highest BCUT2D eigenvalue weighted by Gasteiger charge is 2.83. The van der Waals surface area contributed by atoms with Crippen LogP contribution in [-0.4, -0.2) is 56.3 Å². The largest absolute Gasteiger partial charge is 0.455 e. The topological polar surface area (TPSA) is 123 Å². The molecule has 0 radical (unpaired) electrons. The van der Waals surface area contributed by atoms with E-state index < -0.39 is 52.4 Å². The van der Waals surface area contributed by atoms with Crippen molar-refractivity contribution in [1.29, 1.82) is 0 Å². The Kier molecular flexibility index (Phi) is 5.17. The zero-order chi connectivity index (χ0) is 23.8. The SMILES string of the molecule is CC[C@H](C)/C=C/C1=CC2=C(Cl)C(=O)[C@@]3(C)OC(=O)C4=C(C(C)C(C)O)OC(O1)C2(O)C43O. The lowest BCUT2D eigenvalue weighted by Gasteiger charge is -2.56. The zero-order valence-corrected chi connectivity index (χ0v) is 19.3. The predicted octanol–water partition coefficient (Wildman–Crippen LogP) is 1.98. The van der Waals surface area contributed by atoms with Crippen molar-refractivity contribution in [3.8, 4) is 0 Å². The van der Waals surface area contributed by atoms with Gasteiger partial charge in [0, 0.05) is 11.5 Å². The van der Waals surface area contributed by atoms with Gasteiger partial charge in [0.2, 0.25) is 17.0 Å². The summed E-state index contributed by atoms with van der Waals surface area (Å²) < 4.78 is 17.1. The summed E-state index contributed by atoms with van der Waals surface area (Å²) in [4.78, 5) is 26.1. The van der Waals surface area contributed by atoms with Gasteiger partial charge in [0.05, 0.1) is 11.1 Å². The van der Waals surface area contributed by atoms with Crippen LogP contribution in [0.4, 0.5) is 0 Å². The van der Waals surface area contributed by atoms with Crippen molar-refractivity contribution < 1.29 is 39.1 Å². The molecule has 1 fully saturated rings. The number of ether oxygens (including phenoxy) is 3. The van der Waals surface area contributed by atoms with E-state index in [1.54, 1.807) is 13.0 Å². The number of ketones is 1. The Labute approximate surface area is 190 Å². The van der Waals surface area contributed by atoms with Gasteiger partial charge >= 0.3 is 5.97 Å². The number of esters is 1. The Balaban J connectivity index is 2.00. The second-order valence-electron chi connectivity index (χ2n) is 9.08. The molecular formula is C23H27ClO8. The van der Waals surface area contributed by atoms with E-state index >= 15 is 0 Å². The molecule has 4 rings (SSSR count). The molecule has 174 valence electrons. The van der Waals surface area contributed by atoms with Crippen LogP contribution >= 0.6 is 11.6 Å². The summed E-state index contributed by atoms with van der Waals surface area (Å²) in [5.41, 5.74) is -7.71. The van der Waals surface area contributed by atoms with E-state index in [9.17, 15) is 24.9 Å². The summed E-state index contributed by atoms with van der Waals surface area (Å²) in [6, 6.07) is 0. The highest BCUT2D eigenvalue weighted by atomic mass is 35.5. The first-order chi connectivity index (χ1) is 14.8. The van der Waals surface area contributed by atoms with Crippen molar-refractivity contribution in [2.24, 2.45) is 11.8 Å². The Morgan fingerprint density at radius 3 is 2.47 bits per heavy atom. The molecule has 3 N–H and O–H groups in total. The Hall–Kier alpha value is -2.13. The van der Waals surface area contributed by atoms with Gasteiger partial charge in [-0.25, -0.2) is 4.79 Å². The summed E-state index contributed by atoms with van der Waals surface area (Å²) in [5.74, 6) is -2.28. The third-order valence-corrected chi connectivity index (χ3v) is 7.48. The molecule has 4 aliphatic rings. The molecule has 3 heterocycles. The number of carbonyl (C=O) groups is 2. The molecule has 0 saturated carbocycles. The predicted molar refractivity (Wildman–Crippen MR) is 113 cm³/mol. The molecule has 1 saturated heterocycles. The van der Waals surface area contributed by atoms with E-state index in [4.69, 9.17) is 25.8 Å². The van der Waals surface area contributed by atoms with Crippen LogP contribution in [0, 0.1) is 11.8 Å². The van der Waals surface area contributed by atoms with Gasteiger partial charge < -0.3 is 29.5 Å². The van der Waals surface area contributed by atoms with Gasteiger partial charge in [-0.2, -0.15) is 0 Å². The first-order valence-electron chi connectivity index (χ1n) is 10.6. The fourth-order valence-corrected chi connectivity index (χ4v) is 4.99. The minimum atomic E-state index is -2.55. The van der Waals surface area contributed by atoms with E-state index in [0.717, 1.165) is 6.42 Å². The fourth-order valence-electron chi connectivity index (χ4n) is 4.61. The maximum atomic E-state index is 13.2. The molecule has 0 amide bonds. The number of carbonyl (C=O) groups excluding carboxylic acids is 2. The Bertz CT molecular complexity index is 1020. The number of allylic oxidation sites excluding steroid dienone is 2. The molecule has 9 heteroatoms. The van der Waals surface area contributed by atoms with E-state index in [1.807, 2.05) is 19.9 Å². The van der Waals surface area contributed by atoms with Gasteiger partial charge in [0.1, 0.15) is 17.1 Å². The van der Waals surface area contributed by atoms with Crippen molar-refractivity contribution in [1.82, 2.24) is 0 Å². The Morgan fingerprint density at radius 1 is 1.22 bits per heavy atom. The van der Waals surface area contributed by atoms with Gasteiger partial charge in [-0.05, 0) is 31.9 Å². The highest BCUT2D eigenvalue weighted by molar-refractivity contribution is 6.45. The smallest absolute Gasteiger partial charge is 0.341 e. The van der Waals surface area contributed by atoms with Crippen LogP contribution in [0.25, 0.3) is 0 Å². The molecule has 0 aromatic heterocycles. The molecule has 5 unspecified atom stereocenters. The number of halogens is 1. The van der Waals surface area contributed by atoms with Gasteiger partial charge in [-0.1, -0.05) is 44.9 Å². The van der Waals surface area contributed by atoms with Crippen LogP contribution in [0.3, 0.4) is 0 Å². The summed E-state index contributed by atoms with van der Waals surface area (Å²) in [6.07, 6.45) is 3.27. The van der Waals surface area contributed by atoms with Gasteiger partial charge in [0.25, 0.3) is 6.29 Å². The second kappa shape index (κ2) is 7.18. The number of aliphatic hydroxyl groups excluding tert-OH is 1. The first-order valence-corrected chi connectivity index (χ1v) is 11.0. The van der Waals surface area contributed by atoms with Gasteiger partial charge in [0.15, 0.2) is 5.60 Å². The second-order valence-corrected chi connectivity index (χ2v) is 9.46. The monoisotopic (exact) mass is 466 g/mol. The first kappa shape index (κ1) is 23.0. The molecule has 1 aliphatic carbocycles. The molecule has 7 atom stereocenters. The van der Waals surface area contributed by atoms with Crippen molar-refractivity contribution in [3.63, 3.8) is 0 Å². The highest BCUT2D eigenvalue weighted by Crippen LogP contribution is 2.62. The molecular weight excluding hydrogens is 440 g/mol. The number of Topliss-reactive ketones (excluding diaryl/α,β-unsaturated/α-hetero) is 1. The fraction of sp³-hybridized carbons (Fsp3) is 0.565. The van der Waals surface area contributed by atoms with Crippen LogP contribution in [0.5, 0.6) is 0 Å². The lowest BCUT2D eigenvalue weighted by molar-refractivity contribution is -0.288. The van der Waals surface area contributed by atoms with E-state index in [1.165, 1.54) is 19.9 Å².